The zero-order valence-corrected chi connectivity index (χ0v) is 8.82. The van der Waals surface area contributed by atoms with Crippen LogP contribution in [0.15, 0.2) is 35.0 Å². The second-order valence-electron chi connectivity index (χ2n) is 3.87. The molecule has 3 aromatic rings. The number of H-pyrrole nitrogens is 1. The lowest BCUT2D eigenvalue weighted by Gasteiger charge is -1.95. The van der Waals surface area contributed by atoms with E-state index in [1.54, 1.807) is 6.07 Å². The monoisotopic (exact) mass is 213 g/mol. The van der Waals surface area contributed by atoms with Crippen LogP contribution in [-0.2, 0) is 0 Å². The zero-order valence-electron chi connectivity index (χ0n) is 8.82. The molecule has 0 bridgehead atoms. The molecule has 0 aliphatic heterocycles. The lowest BCUT2D eigenvalue weighted by Crippen LogP contribution is -1.77. The molecule has 0 aliphatic carbocycles. The minimum Gasteiger partial charge on any atom is -0.368 e. The van der Waals surface area contributed by atoms with E-state index < -0.39 is 0 Å². The van der Waals surface area contributed by atoms with Crippen LogP contribution in [0.5, 0.6) is 0 Å². The van der Waals surface area contributed by atoms with Gasteiger partial charge in [0.2, 0.25) is 5.88 Å². The van der Waals surface area contributed by atoms with Crippen molar-refractivity contribution in [2.75, 3.05) is 5.73 Å². The number of rotatable bonds is 1. The molecule has 0 atom stereocenters. The lowest BCUT2D eigenvalue weighted by molar-refractivity contribution is 0.439. The number of hydrogen-bond donors (Lipinski definition) is 2. The molecule has 0 aliphatic rings. The highest BCUT2D eigenvalue weighted by atomic mass is 16.5. The van der Waals surface area contributed by atoms with E-state index in [2.05, 4.69) is 35.3 Å². The van der Waals surface area contributed by atoms with E-state index in [1.807, 2.05) is 6.20 Å². The highest BCUT2D eigenvalue weighted by Crippen LogP contribution is 2.29. The maximum atomic E-state index is 5.52. The molecule has 0 unspecified atom stereocenters. The molecule has 2 heterocycles. The third-order valence-corrected chi connectivity index (χ3v) is 2.64. The Morgan fingerprint density at radius 1 is 1.31 bits per heavy atom. The normalized spacial score (nSPS) is 11.1. The molecule has 0 fully saturated rings. The predicted molar refractivity (Wildman–Crippen MR) is 62.9 cm³/mol. The van der Waals surface area contributed by atoms with Crippen molar-refractivity contribution in [3.63, 3.8) is 0 Å². The summed E-state index contributed by atoms with van der Waals surface area (Å²) in [5.74, 6) is 0.331. The highest BCUT2D eigenvalue weighted by molar-refractivity contribution is 5.95. The molecule has 1 aromatic carbocycles. The third kappa shape index (κ3) is 1.27. The van der Waals surface area contributed by atoms with Crippen molar-refractivity contribution in [1.29, 1.82) is 0 Å². The summed E-state index contributed by atoms with van der Waals surface area (Å²) in [5.41, 5.74) is 9.59. The maximum Gasteiger partial charge on any atom is 0.222 e. The molecular weight excluding hydrogens is 202 g/mol. The minimum atomic E-state index is 0.331. The van der Waals surface area contributed by atoms with Crippen molar-refractivity contribution in [3.05, 3.63) is 36.0 Å². The van der Waals surface area contributed by atoms with Gasteiger partial charge in [-0.25, -0.2) is 0 Å². The van der Waals surface area contributed by atoms with Crippen molar-refractivity contribution < 1.29 is 4.52 Å². The molecule has 4 heteroatoms. The van der Waals surface area contributed by atoms with Crippen LogP contribution in [0.25, 0.3) is 22.2 Å². The Morgan fingerprint density at radius 2 is 2.19 bits per heavy atom. The molecular formula is C12H11N3O. The van der Waals surface area contributed by atoms with E-state index >= 15 is 0 Å². The molecule has 0 saturated heterocycles. The molecule has 80 valence electrons. The first-order valence-corrected chi connectivity index (χ1v) is 5.04. The second kappa shape index (κ2) is 3.13. The standard InChI is InChI=1S/C12H11N3O/c1-7-2-3-10-8(4-7)9(6-14-10)11-5-12(13)16-15-11/h2-6,14H,13H2,1H3. The molecule has 16 heavy (non-hydrogen) atoms. The van der Waals surface area contributed by atoms with Gasteiger partial charge in [-0.05, 0) is 19.1 Å². The Labute approximate surface area is 92.0 Å². The van der Waals surface area contributed by atoms with Crippen LogP contribution in [0.1, 0.15) is 5.56 Å². The predicted octanol–water partition coefficient (Wildman–Crippen LogP) is 2.71. The van der Waals surface area contributed by atoms with Gasteiger partial charge in [0.25, 0.3) is 0 Å². The Bertz CT molecular complexity index is 651. The van der Waals surface area contributed by atoms with Crippen LogP contribution < -0.4 is 5.73 Å². The Kier molecular flexibility index (Phi) is 1.77. The smallest absolute Gasteiger partial charge is 0.222 e. The van der Waals surface area contributed by atoms with E-state index in [9.17, 15) is 0 Å². The number of hydrogen-bond acceptors (Lipinski definition) is 3. The maximum absolute atomic E-state index is 5.52. The number of aryl methyl sites for hydroxylation is 1. The number of nitrogens with one attached hydrogen (secondary N) is 1. The molecule has 4 nitrogen and oxygen atoms in total. The molecule has 0 amide bonds. The number of nitrogens with zero attached hydrogens (tertiary/aromatic N) is 1. The fourth-order valence-electron chi connectivity index (χ4n) is 1.86. The number of fused-ring (bicyclic) bond motifs is 1. The summed E-state index contributed by atoms with van der Waals surface area (Å²) in [5, 5.41) is 5.05. The second-order valence-corrected chi connectivity index (χ2v) is 3.87. The SMILES string of the molecule is Cc1ccc2[nH]cc(-c3cc(N)on3)c2c1. The number of aromatic nitrogens is 2. The topological polar surface area (TPSA) is 67.8 Å². The summed E-state index contributed by atoms with van der Waals surface area (Å²) < 4.78 is 4.88. The summed E-state index contributed by atoms with van der Waals surface area (Å²) in [6, 6.07) is 7.97. The molecule has 2 aromatic heterocycles. The molecule has 0 saturated carbocycles. The first kappa shape index (κ1) is 9.03. The Morgan fingerprint density at radius 3 is 2.94 bits per heavy atom. The molecule has 3 N–H and O–H groups in total. The average molecular weight is 213 g/mol. The first-order valence-electron chi connectivity index (χ1n) is 5.04. The number of benzene rings is 1. The molecule has 3 rings (SSSR count). The lowest BCUT2D eigenvalue weighted by atomic mass is 10.1. The van der Waals surface area contributed by atoms with Crippen molar-refractivity contribution in [2.24, 2.45) is 0 Å². The van der Waals surface area contributed by atoms with Gasteiger partial charge in [0.05, 0.1) is 0 Å². The number of nitrogen functional groups attached to an aromatic ring is 1. The van der Waals surface area contributed by atoms with Gasteiger partial charge in [0, 0.05) is 28.7 Å². The molecule has 0 radical (unpaired) electrons. The number of nitrogens with two attached hydrogens (primary N) is 1. The van der Waals surface area contributed by atoms with Crippen LogP contribution in [-0.4, -0.2) is 10.1 Å². The quantitative estimate of drug-likeness (QED) is 0.653. The van der Waals surface area contributed by atoms with E-state index in [0.717, 1.165) is 22.2 Å². The Hall–Kier alpha value is -2.23. The minimum absolute atomic E-state index is 0.331. The Balaban J connectivity index is 2.27. The van der Waals surface area contributed by atoms with Gasteiger partial charge in [0.15, 0.2) is 0 Å². The number of anilines is 1. The van der Waals surface area contributed by atoms with Gasteiger partial charge in [0.1, 0.15) is 5.69 Å². The van der Waals surface area contributed by atoms with Gasteiger partial charge in [-0.1, -0.05) is 16.8 Å². The van der Waals surface area contributed by atoms with E-state index in [4.69, 9.17) is 10.3 Å². The summed E-state index contributed by atoms with van der Waals surface area (Å²) >= 11 is 0. The van der Waals surface area contributed by atoms with Crippen LogP contribution >= 0.6 is 0 Å². The van der Waals surface area contributed by atoms with E-state index in [-0.39, 0.29) is 0 Å². The third-order valence-electron chi connectivity index (χ3n) is 2.64. The molecule has 0 spiro atoms. The highest BCUT2D eigenvalue weighted by Gasteiger charge is 2.10. The summed E-state index contributed by atoms with van der Waals surface area (Å²) in [6.45, 7) is 2.06. The zero-order chi connectivity index (χ0) is 11.1. The summed E-state index contributed by atoms with van der Waals surface area (Å²) in [7, 11) is 0. The number of aromatic amines is 1. The van der Waals surface area contributed by atoms with Crippen LogP contribution in [0, 0.1) is 6.92 Å². The first-order chi connectivity index (χ1) is 7.74. The van der Waals surface area contributed by atoms with Gasteiger partial charge in [-0.15, -0.1) is 0 Å². The van der Waals surface area contributed by atoms with Crippen molar-refractivity contribution in [2.45, 2.75) is 6.92 Å². The van der Waals surface area contributed by atoms with Gasteiger partial charge < -0.3 is 15.2 Å². The summed E-state index contributed by atoms with van der Waals surface area (Å²) in [4.78, 5) is 3.20. The van der Waals surface area contributed by atoms with Crippen molar-refractivity contribution in [3.8, 4) is 11.3 Å². The van der Waals surface area contributed by atoms with Crippen LogP contribution in [0.2, 0.25) is 0 Å². The fraction of sp³-hybridized carbons (Fsp3) is 0.0833. The largest absolute Gasteiger partial charge is 0.368 e. The van der Waals surface area contributed by atoms with E-state index in [0.29, 0.717) is 5.88 Å². The van der Waals surface area contributed by atoms with Crippen LogP contribution in [0.3, 0.4) is 0 Å². The summed E-state index contributed by atoms with van der Waals surface area (Å²) in [6.07, 6.45) is 1.92. The fourth-order valence-corrected chi connectivity index (χ4v) is 1.86. The van der Waals surface area contributed by atoms with Gasteiger partial charge >= 0.3 is 0 Å². The van der Waals surface area contributed by atoms with Crippen molar-refractivity contribution in [1.82, 2.24) is 10.1 Å². The van der Waals surface area contributed by atoms with E-state index in [1.165, 1.54) is 5.56 Å². The average Bonchev–Trinajstić information content (AvgIpc) is 2.83. The van der Waals surface area contributed by atoms with Crippen molar-refractivity contribution >= 4 is 16.8 Å². The van der Waals surface area contributed by atoms with Gasteiger partial charge in [-0.3, -0.25) is 0 Å². The van der Waals surface area contributed by atoms with Gasteiger partial charge in [-0.2, -0.15) is 0 Å². The van der Waals surface area contributed by atoms with Crippen LogP contribution in [0.4, 0.5) is 5.88 Å².